The molecule has 9 heteroatoms. The van der Waals surface area contributed by atoms with Crippen LogP contribution in [0, 0.1) is 6.92 Å². The summed E-state index contributed by atoms with van der Waals surface area (Å²) in [5.74, 6) is -0.139. The third-order valence-electron chi connectivity index (χ3n) is 5.45. The van der Waals surface area contributed by atoms with Gasteiger partial charge in [-0.1, -0.05) is 30.0 Å². The van der Waals surface area contributed by atoms with Crippen LogP contribution in [0.15, 0.2) is 57.5 Å². The van der Waals surface area contributed by atoms with Gasteiger partial charge in [-0.15, -0.1) is 22.7 Å². The quantitative estimate of drug-likeness (QED) is 0.178. The second-order valence-corrected chi connectivity index (χ2v) is 11.1. The van der Waals surface area contributed by atoms with Crippen molar-refractivity contribution in [3.8, 4) is 5.69 Å². The van der Waals surface area contributed by atoms with E-state index in [1.165, 1.54) is 21.5 Å². The molecule has 3 heterocycles. The molecule has 0 fully saturated rings. The Morgan fingerprint density at radius 3 is 2.79 bits per heavy atom. The second-order valence-electron chi connectivity index (χ2n) is 7.79. The van der Waals surface area contributed by atoms with E-state index in [9.17, 15) is 9.59 Å². The summed E-state index contributed by atoms with van der Waals surface area (Å²) < 4.78 is 1.64. The van der Waals surface area contributed by atoms with Gasteiger partial charge in [-0.3, -0.25) is 14.2 Å². The Bertz CT molecular complexity index is 1400. The fourth-order valence-electron chi connectivity index (χ4n) is 3.94. The Balaban J connectivity index is 1.43. The zero-order valence-corrected chi connectivity index (χ0v) is 20.5. The van der Waals surface area contributed by atoms with E-state index in [4.69, 9.17) is 4.98 Å². The molecule has 0 saturated heterocycles. The van der Waals surface area contributed by atoms with Crippen molar-refractivity contribution in [3.63, 3.8) is 0 Å². The van der Waals surface area contributed by atoms with Crippen molar-refractivity contribution < 1.29 is 4.79 Å². The number of hydrazone groups is 1. The highest BCUT2D eigenvalue weighted by molar-refractivity contribution is 7.99. The number of rotatable bonds is 6. The van der Waals surface area contributed by atoms with Gasteiger partial charge in [-0.25, -0.2) is 10.4 Å². The van der Waals surface area contributed by atoms with Crippen molar-refractivity contribution in [2.45, 2.75) is 37.8 Å². The maximum absolute atomic E-state index is 13.7. The van der Waals surface area contributed by atoms with Crippen LogP contribution in [0.3, 0.4) is 0 Å². The van der Waals surface area contributed by atoms with Crippen LogP contribution in [0.4, 0.5) is 0 Å². The summed E-state index contributed by atoms with van der Waals surface area (Å²) in [6, 6.07) is 13.5. The maximum atomic E-state index is 13.7. The fourth-order valence-corrected chi connectivity index (χ4v) is 6.80. The molecular formula is C24H22N4O2S3. The molecule has 0 bridgehead atoms. The molecule has 33 heavy (non-hydrogen) atoms. The summed E-state index contributed by atoms with van der Waals surface area (Å²) in [6.45, 7) is 2.03. The topological polar surface area (TPSA) is 76.3 Å². The van der Waals surface area contributed by atoms with Crippen LogP contribution in [0.5, 0.6) is 0 Å². The molecule has 0 saturated carbocycles. The molecule has 1 aliphatic carbocycles. The molecule has 1 amide bonds. The third-order valence-corrected chi connectivity index (χ3v) is 8.51. The molecular weight excluding hydrogens is 472 g/mol. The summed E-state index contributed by atoms with van der Waals surface area (Å²) >= 11 is 4.48. The number of nitrogens with zero attached hydrogens (tertiary/aromatic N) is 3. The highest BCUT2D eigenvalue weighted by atomic mass is 32.2. The first kappa shape index (κ1) is 22.1. The van der Waals surface area contributed by atoms with E-state index in [2.05, 4.69) is 10.5 Å². The van der Waals surface area contributed by atoms with Crippen LogP contribution in [0.1, 0.15) is 33.0 Å². The van der Waals surface area contributed by atoms with Gasteiger partial charge in [-0.2, -0.15) is 5.10 Å². The average molecular weight is 495 g/mol. The molecule has 0 unspecified atom stereocenters. The minimum Gasteiger partial charge on any atom is -0.272 e. The molecule has 0 spiro atoms. The van der Waals surface area contributed by atoms with E-state index in [-0.39, 0.29) is 17.2 Å². The number of aromatic nitrogens is 2. The number of fused-ring (bicyclic) bond motifs is 3. The van der Waals surface area contributed by atoms with Crippen molar-refractivity contribution in [2.75, 3.05) is 5.75 Å². The van der Waals surface area contributed by atoms with Gasteiger partial charge < -0.3 is 0 Å². The number of thiophene rings is 2. The van der Waals surface area contributed by atoms with Crippen LogP contribution in [0.25, 0.3) is 15.9 Å². The number of hydrogen-bond donors (Lipinski definition) is 1. The van der Waals surface area contributed by atoms with Gasteiger partial charge in [0.15, 0.2) is 5.16 Å². The van der Waals surface area contributed by atoms with Gasteiger partial charge in [0, 0.05) is 14.6 Å². The van der Waals surface area contributed by atoms with Gasteiger partial charge >= 0.3 is 0 Å². The molecule has 1 aliphatic rings. The lowest BCUT2D eigenvalue weighted by atomic mass is 9.97. The first-order valence-corrected chi connectivity index (χ1v) is 13.4. The van der Waals surface area contributed by atoms with Crippen LogP contribution >= 0.6 is 34.4 Å². The van der Waals surface area contributed by atoms with Crippen LogP contribution in [-0.2, 0) is 17.6 Å². The maximum Gasteiger partial charge on any atom is 0.267 e. The number of carbonyl (C=O) groups excluding carboxylic acids is 1. The Morgan fingerprint density at radius 2 is 2.00 bits per heavy atom. The van der Waals surface area contributed by atoms with Gasteiger partial charge in [-0.05, 0) is 62.4 Å². The normalized spacial score (nSPS) is 13.5. The van der Waals surface area contributed by atoms with Crippen molar-refractivity contribution in [3.05, 3.63) is 73.0 Å². The lowest BCUT2D eigenvalue weighted by Gasteiger charge is -2.13. The second kappa shape index (κ2) is 9.62. The number of aryl methyl sites for hydroxylation is 3. The van der Waals surface area contributed by atoms with E-state index in [1.54, 1.807) is 33.5 Å². The number of amides is 1. The molecule has 1 aromatic carbocycles. The molecule has 3 aromatic heterocycles. The minimum atomic E-state index is -0.246. The number of nitrogens with one attached hydrogen (secondary N) is 1. The average Bonchev–Trinajstić information content (AvgIpc) is 3.41. The predicted molar refractivity (Wildman–Crippen MR) is 137 cm³/mol. The standard InChI is InChI=1S/C24H22N4O2S3/c1-15-11-12-17(32-15)13-25-27-20(29)14-31-24-26-22-21(18-9-5-6-10-19(18)33-22)23(30)28(24)16-7-3-2-4-8-16/h2-4,7-8,11-13H,5-6,9-10,14H2,1H3,(H,27,29)/b25-13+. The van der Waals surface area contributed by atoms with Crippen molar-refractivity contribution >= 4 is 56.8 Å². The van der Waals surface area contributed by atoms with Crippen molar-refractivity contribution in [2.24, 2.45) is 5.10 Å². The molecule has 5 rings (SSSR count). The van der Waals surface area contributed by atoms with Gasteiger partial charge in [0.2, 0.25) is 0 Å². The number of thioether (sulfide) groups is 1. The van der Waals surface area contributed by atoms with Crippen molar-refractivity contribution in [1.29, 1.82) is 0 Å². The number of benzene rings is 1. The van der Waals surface area contributed by atoms with Gasteiger partial charge in [0.1, 0.15) is 4.83 Å². The van der Waals surface area contributed by atoms with Crippen LogP contribution < -0.4 is 11.0 Å². The lowest BCUT2D eigenvalue weighted by molar-refractivity contribution is -0.118. The molecule has 0 atom stereocenters. The highest BCUT2D eigenvalue weighted by Gasteiger charge is 2.23. The number of carbonyl (C=O) groups is 1. The molecule has 0 radical (unpaired) electrons. The number of hydrogen-bond acceptors (Lipinski definition) is 7. The molecule has 168 valence electrons. The Morgan fingerprint density at radius 1 is 1.18 bits per heavy atom. The Labute approximate surface area is 203 Å². The summed E-state index contributed by atoms with van der Waals surface area (Å²) in [7, 11) is 0. The zero-order valence-electron chi connectivity index (χ0n) is 18.0. The SMILES string of the molecule is Cc1ccc(/C=N/NC(=O)CSc2nc3sc4c(c3c(=O)n2-c2ccccc2)CCCC4)s1. The lowest BCUT2D eigenvalue weighted by Crippen LogP contribution is -2.24. The van der Waals surface area contributed by atoms with E-state index in [0.717, 1.165) is 52.0 Å². The predicted octanol–water partition coefficient (Wildman–Crippen LogP) is 4.94. The summed E-state index contributed by atoms with van der Waals surface area (Å²) in [5.41, 5.74) is 4.42. The summed E-state index contributed by atoms with van der Waals surface area (Å²) in [5, 5.41) is 5.30. The third kappa shape index (κ3) is 4.66. The monoisotopic (exact) mass is 494 g/mol. The van der Waals surface area contributed by atoms with Crippen LogP contribution in [-0.4, -0.2) is 27.4 Å². The Hall–Kier alpha value is -2.75. The first-order valence-electron chi connectivity index (χ1n) is 10.7. The summed E-state index contributed by atoms with van der Waals surface area (Å²) in [4.78, 5) is 35.1. The minimum absolute atomic E-state index is 0.0559. The summed E-state index contributed by atoms with van der Waals surface area (Å²) in [6.07, 6.45) is 5.83. The molecule has 4 aromatic rings. The molecule has 0 aliphatic heterocycles. The fraction of sp³-hybridized carbons (Fsp3) is 0.250. The number of para-hydroxylation sites is 1. The van der Waals surface area contributed by atoms with Gasteiger partial charge in [0.05, 0.1) is 23.0 Å². The Kier molecular flexibility index (Phi) is 6.43. The van der Waals surface area contributed by atoms with E-state index < -0.39 is 0 Å². The van der Waals surface area contributed by atoms with E-state index >= 15 is 0 Å². The highest BCUT2D eigenvalue weighted by Crippen LogP contribution is 2.35. The van der Waals surface area contributed by atoms with E-state index in [1.807, 2.05) is 49.4 Å². The molecule has 6 nitrogen and oxygen atoms in total. The van der Waals surface area contributed by atoms with Gasteiger partial charge in [0.25, 0.3) is 11.5 Å². The van der Waals surface area contributed by atoms with Crippen molar-refractivity contribution in [1.82, 2.24) is 15.0 Å². The zero-order chi connectivity index (χ0) is 22.8. The largest absolute Gasteiger partial charge is 0.272 e. The molecule has 1 N–H and O–H groups in total. The smallest absolute Gasteiger partial charge is 0.267 e. The van der Waals surface area contributed by atoms with Crippen LogP contribution in [0.2, 0.25) is 0 Å². The van der Waals surface area contributed by atoms with E-state index in [0.29, 0.717) is 5.16 Å². The first-order chi connectivity index (χ1) is 16.1.